The van der Waals surface area contributed by atoms with Crippen LogP contribution in [0.15, 0.2) is 146 Å². The fourth-order valence-corrected chi connectivity index (χ4v) is 5.33. The Bertz CT molecular complexity index is 1500. The van der Waals surface area contributed by atoms with Gasteiger partial charge in [0.05, 0.1) is 12.1 Å². The summed E-state index contributed by atoms with van der Waals surface area (Å²) in [4.78, 5) is 0. The highest BCUT2D eigenvalue weighted by molar-refractivity contribution is 5.83. The monoisotopic (exact) mass is 492 g/mol. The molecule has 6 aromatic carbocycles. The summed E-state index contributed by atoms with van der Waals surface area (Å²) >= 11 is 0. The van der Waals surface area contributed by atoms with Crippen LogP contribution in [0.25, 0.3) is 21.5 Å². The number of fused-ring (bicyclic) bond motifs is 2. The van der Waals surface area contributed by atoms with Gasteiger partial charge < -0.3 is 10.6 Å². The molecule has 2 atom stereocenters. The van der Waals surface area contributed by atoms with Gasteiger partial charge in [0.1, 0.15) is 0 Å². The Balaban J connectivity index is 1.30. The first-order chi connectivity index (χ1) is 18.8. The molecule has 0 aliphatic carbocycles. The fourth-order valence-electron chi connectivity index (χ4n) is 5.33. The third-order valence-corrected chi connectivity index (χ3v) is 7.33. The molecule has 0 aromatic heterocycles. The third kappa shape index (κ3) is 5.52. The maximum absolute atomic E-state index is 3.92. The van der Waals surface area contributed by atoms with Gasteiger partial charge in [-0.05, 0) is 55.9 Å². The van der Waals surface area contributed by atoms with E-state index >= 15 is 0 Å². The second kappa shape index (κ2) is 11.4. The van der Waals surface area contributed by atoms with Crippen molar-refractivity contribution in [3.8, 4) is 0 Å². The van der Waals surface area contributed by atoms with Crippen molar-refractivity contribution in [3.63, 3.8) is 0 Å². The first kappa shape index (κ1) is 24.1. The Morgan fingerprint density at radius 1 is 0.368 bits per heavy atom. The van der Waals surface area contributed by atoms with E-state index in [1.807, 2.05) is 0 Å². The molecule has 0 amide bonds. The molecular weight excluding hydrogens is 460 g/mol. The molecule has 0 heterocycles. The van der Waals surface area contributed by atoms with Gasteiger partial charge in [0.25, 0.3) is 0 Å². The van der Waals surface area contributed by atoms with Crippen LogP contribution in [0.1, 0.15) is 34.3 Å². The van der Waals surface area contributed by atoms with Crippen molar-refractivity contribution in [2.24, 2.45) is 0 Å². The van der Waals surface area contributed by atoms with Crippen LogP contribution in [0.3, 0.4) is 0 Å². The van der Waals surface area contributed by atoms with Crippen molar-refractivity contribution in [1.82, 2.24) is 10.6 Å². The molecular formula is C36H32N2. The smallest absolute Gasteiger partial charge is 0.0521 e. The maximum atomic E-state index is 3.92. The average molecular weight is 493 g/mol. The highest BCUT2D eigenvalue weighted by atomic mass is 15.0. The molecule has 6 aromatic rings. The van der Waals surface area contributed by atoms with Gasteiger partial charge in [-0.15, -0.1) is 0 Å². The van der Waals surface area contributed by atoms with Crippen LogP contribution >= 0.6 is 0 Å². The van der Waals surface area contributed by atoms with Crippen LogP contribution in [0, 0.1) is 0 Å². The average Bonchev–Trinajstić information content (AvgIpc) is 2.99. The van der Waals surface area contributed by atoms with Gasteiger partial charge >= 0.3 is 0 Å². The molecule has 0 unspecified atom stereocenters. The van der Waals surface area contributed by atoms with Crippen molar-refractivity contribution < 1.29 is 0 Å². The Morgan fingerprint density at radius 3 is 1.16 bits per heavy atom. The molecule has 2 heteroatoms. The molecule has 2 nitrogen and oxygen atoms in total. The van der Waals surface area contributed by atoms with Gasteiger partial charge in [-0.25, -0.2) is 0 Å². The summed E-state index contributed by atoms with van der Waals surface area (Å²) in [5, 5.41) is 12.9. The van der Waals surface area contributed by atoms with E-state index in [0.717, 1.165) is 13.1 Å². The van der Waals surface area contributed by atoms with Crippen LogP contribution in [-0.4, -0.2) is 0 Å². The van der Waals surface area contributed by atoms with Gasteiger partial charge in [-0.3, -0.25) is 0 Å². The zero-order chi connectivity index (χ0) is 25.6. The molecule has 0 bridgehead atoms. The van der Waals surface area contributed by atoms with E-state index in [9.17, 15) is 0 Å². The summed E-state index contributed by atoms with van der Waals surface area (Å²) in [6, 6.07) is 52.4. The fraction of sp³-hybridized carbons (Fsp3) is 0.111. The van der Waals surface area contributed by atoms with Gasteiger partial charge in [-0.1, -0.05) is 133 Å². The minimum absolute atomic E-state index is 0.0885. The second-order valence-corrected chi connectivity index (χ2v) is 9.90. The summed E-state index contributed by atoms with van der Waals surface area (Å²) in [7, 11) is 0. The maximum Gasteiger partial charge on any atom is 0.0521 e. The van der Waals surface area contributed by atoms with Crippen LogP contribution in [0.2, 0.25) is 0 Å². The quantitative estimate of drug-likeness (QED) is 0.212. The lowest BCUT2D eigenvalue weighted by Gasteiger charge is -2.30. The lowest BCUT2D eigenvalue weighted by atomic mass is 9.92. The van der Waals surface area contributed by atoms with E-state index < -0.39 is 0 Å². The standard InChI is InChI=1S/C36H32N2/c1-3-13-31(14-4-1)35(37-25-27-19-21-29-11-7-9-17-33(29)23-27)36(32-15-5-2-6-16-32)38-26-28-20-22-30-12-8-10-18-34(30)24-28/h1-24,35-38H,25-26H2/t35-,36-/m1/s1. The number of nitrogens with one attached hydrogen (secondary N) is 2. The molecule has 0 radical (unpaired) electrons. The summed E-state index contributed by atoms with van der Waals surface area (Å²) in [6.07, 6.45) is 0. The molecule has 0 saturated heterocycles. The van der Waals surface area contributed by atoms with Gasteiger partial charge in [0.2, 0.25) is 0 Å². The Hall–Kier alpha value is -4.24. The highest BCUT2D eigenvalue weighted by Crippen LogP contribution is 2.30. The summed E-state index contributed by atoms with van der Waals surface area (Å²) in [5.74, 6) is 0. The molecule has 38 heavy (non-hydrogen) atoms. The normalized spacial score (nSPS) is 12.9. The molecule has 186 valence electrons. The zero-order valence-electron chi connectivity index (χ0n) is 21.4. The minimum atomic E-state index is 0.0885. The molecule has 0 spiro atoms. The second-order valence-electron chi connectivity index (χ2n) is 9.90. The number of hydrogen-bond donors (Lipinski definition) is 2. The lowest BCUT2D eigenvalue weighted by molar-refractivity contribution is 0.381. The molecule has 0 saturated carbocycles. The Kier molecular flexibility index (Phi) is 7.26. The van der Waals surface area contributed by atoms with E-state index in [1.165, 1.54) is 43.8 Å². The van der Waals surface area contributed by atoms with Crippen molar-refractivity contribution in [3.05, 3.63) is 168 Å². The molecule has 0 aliphatic rings. The summed E-state index contributed by atoms with van der Waals surface area (Å²) < 4.78 is 0. The van der Waals surface area contributed by atoms with E-state index in [-0.39, 0.29) is 12.1 Å². The summed E-state index contributed by atoms with van der Waals surface area (Å²) in [6.45, 7) is 1.57. The SMILES string of the molecule is c1ccc([C@@H](NCc2ccc3ccccc3c2)[C@H](NCc2ccc3ccccc3c2)c2ccccc2)cc1. The Labute approximate surface area is 225 Å². The molecule has 0 aliphatic heterocycles. The highest BCUT2D eigenvalue weighted by Gasteiger charge is 2.24. The van der Waals surface area contributed by atoms with Crippen LogP contribution < -0.4 is 10.6 Å². The third-order valence-electron chi connectivity index (χ3n) is 7.33. The van der Waals surface area contributed by atoms with E-state index in [0.29, 0.717) is 0 Å². The largest absolute Gasteiger partial charge is 0.304 e. The van der Waals surface area contributed by atoms with Crippen LogP contribution in [-0.2, 0) is 13.1 Å². The van der Waals surface area contributed by atoms with Crippen molar-refractivity contribution in [1.29, 1.82) is 0 Å². The van der Waals surface area contributed by atoms with E-state index in [2.05, 4.69) is 156 Å². The molecule has 6 rings (SSSR count). The number of hydrogen-bond acceptors (Lipinski definition) is 2. The zero-order valence-corrected chi connectivity index (χ0v) is 21.4. The topological polar surface area (TPSA) is 24.1 Å². The Morgan fingerprint density at radius 2 is 0.737 bits per heavy atom. The van der Waals surface area contributed by atoms with Gasteiger partial charge in [0.15, 0.2) is 0 Å². The van der Waals surface area contributed by atoms with Crippen molar-refractivity contribution >= 4 is 21.5 Å². The number of benzene rings is 6. The number of rotatable bonds is 9. The minimum Gasteiger partial charge on any atom is -0.304 e. The lowest BCUT2D eigenvalue weighted by Crippen LogP contribution is -2.35. The summed E-state index contributed by atoms with van der Waals surface area (Å²) in [5.41, 5.74) is 5.11. The van der Waals surface area contributed by atoms with E-state index in [4.69, 9.17) is 0 Å². The molecule has 0 fully saturated rings. The predicted molar refractivity (Wildman–Crippen MR) is 160 cm³/mol. The first-order valence-electron chi connectivity index (χ1n) is 13.4. The van der Waals surface area contributed by atoms with E-state index in [1.54, 1.807) is 0 Å². The van der Waals surface area contributed by atoms with Crippen LogP contribution in [0.5, 0.6) is 0 Å². The first-order valence-corrected chi connectivity index (χ1v) is 13.4. The van der Waals surface area contributed by atoms with Gasteiger partial charge in [0, 0.05) is 13.1 Å². The van der Waals surface area contributed by atoms with Crippen LogP contribution in [0.4, 0.5) is 0 Å². The van der Waals surface area contributed by atoms with Crippen molar-refractivity contribution in [2.75, 3.05) is 0 Å². The van der Waals surface area contributed by atoms with Crippen molar-refractivity contribution in [2.45, 2.75) is 25.2 Å². The van der Waals surface area contributed by atoms with Gasteiger partial charge in [-0.2, -0.15) is 0 Å². The predicted octanol–water partition coefficient (Wildman–Crippen LogP) is 8.36. The molecule has 2 N–H and O–H groups in total.